The Morgan fingerprint density at radius 2 is 1.92 bits per heavy atom. The van der Waals surface area contributed by atoms with E-state index in [1.54, 1.807) is 11.3 Å². The number of rotatable bonds is 3. The second-order valence-corrected chi connectivity index (χ2v) is 8.85. The zero-order valence-electron chi connectivity index (χ0n) is 15.4. The Hall–Kier alpha value is -1.88. The van der Waals surface area contributed by atoms with E-state index in [0.29, 0.717) is 12.0 Å². The molecular formula is C21H25NO3S. The zero-order valence-corrected chi connectivity index (χ0v) is 16.2. The van der Waals surface area contributed by atoms with E-state index in [2.05, 4.69) is 24.4 Å². The van der Waals surface area contributed by atoms with Crippen molar-refractivity contribution in [1.82, 2.24) is 5.32 Å². The molecule has 0 aromatic carbocycles. The van der Waals surface area contributed by atoms with Gasteiger partial charge in [-0.15, -0.1) is 11.3 Å². The number of dihydropyridines is 1. The molecule has 138 valence electrons. The van der Waals surface area contributed by atoms with Crippen LogP contribution in [0, 0.1) is 6.92 Å². The summed E-state index contributed by atoms with van der Waals surface area (Å²) in [4.78, 5) is 28.1. The predicted molar refractivity (Wildman–Crippen MR) is 102 cm³/mol. The average molecular weight is 372 g/mol. The molecule has 1 aromatic rings. The summed E-state index contributed by atoms with van der Waals surface area (Å²) in [5.41, 5.74) is 3.22. The Kier molecular flexibility index (Phi) is 4.74. The molecule has 1 atom stereocenters. The van der Waals surface area contributed by atoms with Gasteiger partial charge in [-0.2, -0.15) is 0 Å². The maximum atomic E-state index is 13.1. The van der Waals surface area contributed by atoms with E-state index >= 15 is 0 Å². The SMILES string of the molecule is CC1=C(C(=O)OC2CCCC2)C(c2ccc(C)s2)C2=C(CCCC2=O)N1. The molecule has 0 radical (unpaired) electrons. The monoisotopic (exact) mass is 371 g/mol. The summed E-state index contributed by atoms with van der Waals surface area (Å²) in [6, 6.07) is 4.11. The minimum absolute atomic E-state index is 0.0194. The fourth-order valence-corrected chi connectivity index (χ4v) is 5.37. The Bertz CT molecular complexity index is 811. The molecule has 0 saturated heterocycles. The van der Waals surface area contributed by atoms with Crippen LogP contribution < -0.4 is 5.32 Å². The second kappa shape index (κ2) is 7.03. The molecule has 1 aliphatic heterocycles. The molecule has 1 N–H and O–H groups in total. The van der Waals surface area contributed by atoms with Gasteiger partial charge < -0.3 is 10.1 Å². The van der Waals surface area contributed by atoms with Gasteiger partial charge in [-0.25, -0.2) is 4.79 Å². The molecule has 1 fully saturated rings. The summed E-state index contributed by atoms with van der Waals surface area (Å²) in [6.07, 6.45) is 6.45. The van der Waals surface area contributed by atoms with Gasteiger partial charge in [-0.05, 0) is 64.5 Å². The highest BCUT2D eigenvalue weighted by Crippen LogP contribution is 2.44. The van der Waals surface area contributed by atoms with Crippen LogP contribution in [0.3, 0.4) is 0 Å². The lowest BCUT2D eigenvalue weighted by molar-refractivity contribution is -0.144. The number of carbonyl (C=O) groups is 2. The molecule has 0 bridgehead atoms. The number of Topliss-reactive ketones (excluding diaryl/α,β-unsaturated/α-hetero) is 1. The quantitative estimate of drug-likeness (QED) is 0.794. The van der Waals surface area contributed by atoms with Crippen molar-refractivity contribution < 1.29 is 14.3 Å². The van der Waals surface area contributed by atoms with Gasteiger partial charge >= 0.3 is 5.97 Å². The molecule has 26 heavy (non-hydrogen) atoms. The van der Waals surface area contributed by atoms with Gasteiger partial charge in [0.2, 0.25) is 0 Å². The van der Waals surface area contributed by atoms with Crippen LogP contribution in [-0.4, -0.2) is 17.9 Å². The van der Waals surface area contributed by atoms with Gasteiger partial charge in [0, 0.05) is 33.1 Å². The van der Waals surface area contributed by atoms with E-state index in [9.17, 15) is 9.59 Å². The third-order valence-electron chi connectivity index (χ3n) is 5.62. The van der Waals surface area contributed by atoms with E-state index in [1.165, 1.54) is 4.88 Å². The third-order valence-corrected chi connectivity index (χ3v) is 6.68. The van der Waals surface area contributed by atoms with Gasteiger partial charge in [0.25, 0.3) is 0 Å². The number of ether oxygens (including phenoxy) is 1. The molecular weight excluding hydrogens is 346 g/mol. The van der Waals surface area contributed by atoms with Crippen molar-refractivity contribution in [1.29, 1.82) is 0 Å². The number of carbonyl (C=O) groups excluding carboxylic acids is 2. The molecule has 4 nitrogen and oxygen atoms in total. The second-order valence-electron chi connectivity index (χ2n) is 7.53. The van der Waals surface area contributed by atoms with Gasteiger partial charge in [-0.3, -0.25) is 4.79 Å². The highest BCUT2D eigenvalue weighted by Gasteiger charge is 2.40. The lowest BCUT2D eigenvalue weighted by Crippen LogP contribution is -2.34. The van der Waals surface area contributed by atoms with E-state index < -0.39 is 0 Å². The number of aryl methyl sites for hydroxylation is 1. The minimum Gasteiger partial charge on any atom is -0.459 e. The van der Waals surface area contributed by atoms with Crippen LogP contribution in [-0.2, 0) is 14.3 Å². The molecule has 2 heterocycles. The van der Waals surface area contributed by atoms with Gasteiger partial charge in [0.1, 0.15) is 6.10 Å². The highest BCUT2D eigenvalue weighted by atomic mass is 32.1. The molecule has 1 aromatic heterocycles. The largest absolute Gasteiger partial charge is 0.459 e. The van der Waals surface area contributed by atoms with Gasteiger partial charge in [-0.1, -0.05) is 0 Å². The summed E-state index contributed by atoms with van der Waals surface area (Å²) in [7, 11) is 0. The smallest absolute Gasteiger partial charge is 0.337 e. The van der Waals surface area contributed by atoms with Gasteiger partial charge in [0.05, 0.1) is 11.5 Å². The first kappa shape index (κ1) is 17.5. The average Bonchev–Trinajstić information content (AvgIpc) is 3.25. The zero-order chi connectivity index (χ0) is 18.3. The van der Waals surface area contributed by atoms with Crippen molar-refractivity contribution in [2.75, 3.05) is 0 Å². The first-order valence-electron chi connectivity index (χ1n) is 9.56. The molecule has 1 saturated carbocycles. The molecule has 0 spiro atoms. The standard InChI is InChI=1S/C21H25NO3S/c1-12-10-11-17(26-12)20-18(21(24)25-14-6-3-4-7-14)13(2)22-15-8-5-9-16(23)19(15)20/h10-11,14,20,22H,3-9H2,1-2H3. The molecule has 2 aliphatic carbocycles. The highest BCUT2D eigenvalue weighted by molar-refractivity contribution is 7.12. The van der Waals surface area contributed by atoms with Crippen LogP contribution in [0.25, 0.3) is 0 Å². The Balaban J connectivity index is 1.74. The first-order valence-corrected chi connectivity index (χ1v) is 10.4. The molecule has 3 aliphatic rings. The van der Waals surface area contributed by atoms with E-state index in [1.807, 2.05) is 6.92 Å². The van der Waals surface area contributed by atoms with Gasteiger partial charge in [0.15, 0.2) is 5.78 Å². The minimum atomic E-state index is -0.286. The topological polar surface area (TPSA) is 55.4 Å². The van der Waals surface area contributed by atoms with Crippen molar-refractivity contribution in [3.05, 3.63) is 44.4 Å². The van der Waals surface area contributed by atoms with Crippen LogP contribution >= 0.6 is 11.3 Å². The van der Waals surface area contributed by atoms with Crippen molar-refractivity contribution in [2.45, 2.75) is 70.8 Å². The van der Waals surface area contributed by atoms with Crippen LogP contribution in [0.15, 0.2) is 34.7 Å². The Morgan fingerprint density at radius 1 is 1.15 bits per heavy atom. The van der Waals surface area contributed by atoms with Crippen molar-refractivity contribution in [2.24, 2.45) is 0 Å². The number of nitrogens with one attached hydrogen (secondary N) is 1. The lowest BCUT2D eigenvalue weighted by atomic mass is 9.78. The van der Waals surface area contributed by atoms with Crippen LogP contribution in [0.1, 0.15) is 67.5 Å². The van der Waals surface area contributed by atoms with E-state index in [-0.39, 0.29) is 23.8 Å². The fourth-order valence-electron chi connectivity index (χ4n) is 4.37. The summed E-state index contributed by atoms with van der Waals surface area (Å²) >= 11 is 1.66. The Labute approximate surface area is 158 Å². The fraction of sp³-hybridized carbons (Fsp3) is 0.524. The van der Waals surface area contributed by atoms with Crippen LogP contribution in [0.2, 0.25) is 0 Å². The van der Waals surface area contributed by atoms with Crippen molar-refractivity contribution in [3.63, 3.8) is 0 Å². The normalized spacial score (nSPS) is 23.9. The van der Waals surface area contributed by atoms with E-state index in [0.717, 1.165) is 60.4 Å². The number of hydrogen-bond acceptors (Lipinski definition) is 5. The number of ketones is 1. The third kappa shape index (κ3) is 3.13. The van der Waals surface area contributed by atoms with Crippen molar-refractivity contribution >= 4 is 23.1 Å². The number of thiophene rings is 1. The number of allylic oxidation sites excluding steroid dienone is 3. The number of hydrogen-bond donors (Lipinski definition) is 1. The molecule has 4 rings (SSSR count). The van der Waals surface area contributed by atoms with Crippen LogP contribution in [0.4, 0.5) is 0 Å². The van der Waals surface area contributed by atoms with Crippen molar-refractivity contribution in [3.8, 4) is 0 Å². The predicted octanol–water partition coefficient (Wildman–Crippen LogP) is 4.51. The molecule has 1 unspecified atom stereocenters. The maximum Gasteiger partial charge on any atom is 0.337 e. The first-order chi connectivity index (χ1) is 12.5. The lowest BCUT2D eigenvalue weighted by Gasteiger charge is -2.33. The van der Waals surface area contributed by atoms with E-state index in [4.69, 9.17) is 4.74 Å². The molecule has 5 heteroatoms. The van der Waals surface area contributed by atoms with Crippen LogP contribution in [0.5, 0.6) is 0 Å². The Morgan fingerprint density at radius 3 is 2.62 bits per heavy atom. The summed E-state index contributed by atoms with van der Waals surface area (Å²) in [5.74, 6) is -0.386. The summed E-state index contributed by atoms with van der Waals surface area (Å²) < 4.78 is 5.83. The molecule has 0 amide bonds. The summed E-state index contributed by atoms with van der Waals surface area (Å²) in [5, 5.41) is 3.35. The number of esters is 1. The summed E-state index contributed by atoms with van der Waals surface area (Å²) in [6.45, 7) is 3.99. The maximum absolute atomic E-state index is 13.1.